The molecule has 2 N–H and O–H groups in total. The van der Waals surface area contributed by atoms with E-state index >= 15 is 0 Å². The molecular formula is C18H21FN4O4. The van der Waals surface area contributed by atoms with Crippen molar-refractivity contribution >= 4 is 5.91 Å². The Morgan fingerprint density at radius 1 is 1.37 bits per heavy atom. The first-order chi connectivity index (χ1) is 12.9. The molecule has 8 nitrogen and oxygen atoms in total. The number of ether oxygens (including phenoxy) is 1. The number of aromatic hydroxyl groups is 1. The van der Waals surface area contributed by atoms with Crippen LogP contribution in [0.15, 0.2) is 29.1 Å². The van der Waals surface area contributed by atoms with Gasteiger partial charge in [-0.3, -0.25) is 19.1 Å². The number of nitrogens with zero attached hydrogens (tertiary/aromatic N) is 3. The second-order valence-corrected chi connectivity index (χ2v) is 6.41. The van der Waals surface area contributed by atoms with Crippen molar-refractivity contribution in [2.75, 3.05) is 26.8 Å². The molecule has 9 heteroatoms. The van der Waals surface area contributed by atoms with Crippen molar-refractivity contribution in [3.63, 3.8) is 0 Å². The quantitative estimate of drug-likeness (QED) is 0.809. The molecule has 1 atom stereocenters. The Morgan fingerprint density at radius 2 is 2.07 bits per heavy atom. The number of nitrogens with one attached hydrogen (secondary N) is 1. The lowest BCUT2D eigenvalue weighted by Gasteiger charge is -2.32. The van der Waals surface area contributed by atoms with E-state index in [9.17, 15) is 19.1 Å². The largest absolute Gasteiger partial charge is 0.501 e. The molecule has 0 spiro atoms. The minimum Gasteiger partial charge on any atom is -0.501 e. The molecule has 3 rings (SSSR count). The van der Waals surface area contributed by atoms with Gasteiger partial charge in [-0.2, -0.15) is 0 Å². The Labute approximate surface area is 155 Å². The van der Waals surface area contributed by atoms with Gasteiger partial charge in [0.25, 0.3) is 11.5 Å². The Hall–Kier alpha value is -2.78. The number of hydrogen-bond donors (Lipinski definition) is 2. The van der Waals surface area contributed by atoms with Crippen molar-refractivity contribution in [2.45, 2.75) is 12.6 Å². The lowest BCUT2D eigenvalue weighted by Crippen LogP contribution is -2.41. The van der Waals surface area contributed by atoms with E-state index in [0.717, 1.165) is 0 Å². The molecule has 0 unspecified atom stereocenters. The number of rotatable bonds is 4. The summed E-state index contributed by atoms with van der Waals surface area (Å²) in [7, 11) is 3.37. The zero-order chi connectivity index (χ0) is 19.6. The Bertz CT molecular complexity index is 897. The van der Waals surface area contributed by atoms with Crippen molar-refractivity contribution in [3.05, 3.63) is 57.5 Å². The van der Waals surface area contributed by atoms with Gasteiger partial charge in [-0.25, -0.2) is 9.37 Å². The third-order valence-corrected chi connectivity index (χ3v) is 4.58. The summed E-state index contributed by atoms with van der Waals surface area (Å²) in [6.45, 7) is 1.67. The highest BCUT2D eigenvalue weighted by Crippen LogP contribution is 2.22. The van der Waals surface area contributed by atoms with E-state index in [2.05, 4.69) is 10.3 Å². The van der Waals surface area contributed by atoms with E-state index in [1.165, 1.54) is 35.9 Å². The zero-order valence-corrected chi connectivity index (χ0v) is 15.1. The topological polar surface area (TPSA) is 96.7 Å². The SMILES string of the molecule is CN1CCOC[C@@H]1c1nc(C(=O)NCc2ccc(F)cc2)c(O)c(=O)n1C. The van der Waals surface area contributed by atoms with Crippen LogP contribution >= 0.6 is 0 Å². The summed E-state index contributed by atoms with van der Waals surface area (Å²) in [6, 6.07) is 5.33. The van der Waals surface area contributed by atoms with Gasteiger partial charge in [0.15, 0.2) is 5.69 Å². The highest BCUT2D eigenvalue weighted by Gasteiger charge is 2.28. The molecule has 2 aromatic rings. The van der Waals surface area contributed by atoms with Crippen LogP contribution in [0.1, 0.15) is 27.9 Å². The van der Waals surface area contributed by atoms with Crippen LogP contribution < -0.4 is 10.9 Å². The van der Waals surface area contributed by atoms with Crippen LogP contribution in [0.25, 0.3) is 0 Å². The second-order valence-electron chi connectivity index (χ2n) is 6.41. The van der Waals surface area contributed by atoms with Crippen molar-refractivity contribution < 1.29 is 19.0 Å². The van der Waals surface area contributed by atoms with Gasteiger partial charge in [-0.1, -0.05) is 12.1 Å². The number of hydrogen-bond acceptors (Lipinski definition) is 6. The predicted octanol–water partition coefficient (Wildman–Crippen LogP) is 0.558. The summed E-state index contributed by atoms with van der Waals surface area (Å²) in [4.78, 5) is 31.1. The smallest absolute Gasteiger partial charge is 0.296 e. The van der Waals surface area contributed by atoms with Gasteiger partial charge < -0.3 is 15.2 Å². The number of halogens is 1. The zero-order valence-electron chi connectivity index (χ0n) is 15.1. The molecule has 0 radical (unpaired) electrons. The number of amides is 1. The summed E-state index contributed by atoms with van der Waals surface area (Å²) >= 11 is 0. The molecule has 1 amide bonds. The van der Waals surface area contributed by atoms with E-state index in [1.54, 1.807) is 0 Å². The van der Waals surface area contributed by atoms with Gasteiger partial charge in [0, 0.05) is 20.1 Å². The summed E-state index contributed by atoms with van der Waals surface area (Å²) in [5, 5.41) is 12.7. The van der Waals surface area contributed by atoms with Crippen molar-refractivity contribution in [3.8, 4) is 5.75 Å². The minimum atomic E-state index is -0.711. The van der Waals surface area contributed by atoms with E-state index < -0.39 is 17.2 Å². The number of carbonyl (C=O) groups is 1. The van der Waals surface area contributed by atoms with E-state index in [1.807, 2.05) is 11.9 Å². The van der Waals surface area contributed by atoms with Crippen LogP contribution in [-0.2, 0) is 18.3 Å². The Kier molecular flexibility index (Phi) is 5.52. The number of benzene rings is 1. The Morgan fingerprint density at radius 3 is 2.74 bits per heavy atom. The number of aromatic nitrogens is 2. The summed E-state index contributed by atoms with van der Waals surface area (Å²) in [5.74, 6) is -1.43. The van der Waals surface area contributed by atoms with Crippen molar-refractivity contribution in [1.29, 1.82) is 0 Å². The van der Waals surface area contributed by atoms with E-state index in [-0.39, 0.29) is 24.1 Å². The van der Waals surface area contributed by atoms with Crippen LogP contribution in [0.3, 0.4) is 0 Å². The summed E-state index contributed by atoms with van der Waals surface area (Å²) in [6.07, 6.45) is 0. The van der Waals surface area contributed by atoms with Crippen molar-refractivity contribution in [1.82, 2.24) is 19.8 Å². The van der Waals surface area contributed by atoms with E-state index in [0.29, 0.717) is 31.1 Å². The maximum Gasteiger partial charge on any atom is 0.296 e. The van der Waals surface area contributed by atoms with E-state index in [4.69, 9.17) is 4.74 Å². The van der Waals surface area contributed by atoms with Crippen LogP contribution in [0.5, 0.6) is 5.75 Å². The van der Waals surface area contributed by atoms with Gasteiger partial charge in [-0.15, -0.1) is 0 Å². The molecule has 1 aromatic carbocycles. The second kappa shape index (κ2) is 7.85. The van der Waals surface area contributed by atoms with Gasteiger partial charge in [0.1, 0.15) is 11.6 Å². The van der Waals surface area contributed by atoms with Crippen LogP contribution in [0.4, 0.5) is 4.39 Å². The maximum absolute atomic E-state index is 13.0. The fraction of sp³-hybridized carbons (Fsp3) is 0.389. The van der Waals surface area contributed by atoms with Gasteiger partial charge in [0.2, 0.25) is 5.75 Å². The first-order valence-electron chi connectivity index (χ1n) is 8.49. The highest BCUT2D eigenvalue weighted by atomic mass is 19.1. The standard InChI is InChI=1S/C18H21FN4O4/c1-22-7-8-27-10-13(22)16-21-14(15(24)18(26)23(16)2)17(25)20-9-11-3-5-12(19)6-4-11/h3-6,13,24H,7-10H2,1-2H3,(H,20,25)/t13-/m1/s1. The number of carbonyl (C=O) groups excluding carboxylic acids is 1. The van der Waals surface area contributed by atoms with Crippen LogP contribution in [-0.4, -0.2) is 52.3 Å². The van der Waals surface area contributed by atoms with Crippen LogP contribution in [0, 0.1) is 5.82 Å². The molecule has 0 saturated carbocycles. The monoisotopic (exact) mass is 376 g/mol. The molecule has 0 aliphatic carbocycles. The Balaban J connectivity index is 1.86. The summed E-state index contributed by atoms with van der Waals surface area (Å²) in [5.41, 5.74) is -0.367. The molecule has 1 aliphatic heterocycles. The maximum atomic E-state index is 13.0. The summed E-state index contributed by atoms with van der Waals surface area (Å²) < 4.78 is 19.6. The highest BCUT2D eigenvalue weighted by molar-refractivity contribution is 5.94. The van der Waals surface area contributed by atoms with Gasteiger partial charge >= 0.3 is 0 Å². The third kappa shape index (κ3) is 3.99. The molecule has 0 bridgehead atoms. The van der Waals surface area contributed by atoms with Gasteiger partial charge in [-0.05, 0) is 24.7 Å². The number of morpholine rings is 1. The average Bonchev–Trinajstić information content (AvgIpc) is 2.66. The first-order valence-corrected chi connectivity index (χ1v) is 8.49. The average molecular weight is 376 g/mol. The molecule has 1 aromatic heterocycles. The fourth-order valence-corrected chi connectivity index (χ4v) is 2.89. The molecule has 1 aliphatic rings. The molecule has 1 saturated heterocycles. The van der Waals surface area contributed by atoms with Gasteiger partial charge in [0.05, 0.1) is 19.3 Å². The predicted molar refractivity (Wildman–Crippen MR) is 94.9 cm³/mol. The molecule has 144 valence electrons. The first kappa shape index (κ1) is 19.0. The lowest BCUT2D eigenvalue weighted by molar-refractivity contribution is 0.000180. The normalized spacial score (nSPS) is 17.7. The molecule has 2 heterocycles. The lowest BCUT2D eigenvalue weighted by atomic mass is 10.2. The third-order valence-electron chi connectivity index (χ3n) is 4.58. The molecule has 1 fully saturated rings. The van der Waals surface area contributed by atoms with Crippen molar-refractivity contribution in [2.24, 2.45) is 7.05 Å². The number of likely N-dealkylation sites (N-methyl/N-ethyl adjacent to an activating group) is 1. The molecule has 27 heavy (non-hydrogen) atoms. The molecular weight excluding hydrogens is 355 g/mol. The van der Waals surface area contributed by atoms with Crippen LogP contribution in [0.2, 0.25) is 0 Å². The minimum absolute atomic E-state index is 0.108. The fourth-order valence-electron chi connectivity index (χ4n) is 2.89.